The summed E-state index contributed by atoms with van der Waals surface area (Å²) in [6.45, 7) is 8.12. The van der Waals surface area contributed by atoms with Gasteiger partial charge in [-0.05, 0) is 39.6 Å². The van der Waals surface area contributed by atoms with Gasteiger partial charge in [0, 0.05) is 11.3 Å². The fourth-order valence-electron chi connectivity index (χ4n) is 1.80. The van der Waals surface area contributed by atoms with Crippen molar-refractivity contribution in [3.8, 4) is 0 Å². The maximum atomic E-state index is 2.50. The van der Waals surface area contributed by atoms with Crippen LogP contribution in [0.4, 0.5) is 0 Å². The Morgan fingerprint density at radius 2 is 1.86 bits per heavy atom. The molecule has 0 aliphatic heterocycles. The van der Waals surface area contributed by atoms with Gasteiger partial charge in [-0.25, -0.2) is 0 Å². The van der Waals surface area contributed by atoms with Gasteiger partial charge in [0.25, 0.3) is 0 Å². The molecule has 0 bridgehead atoms. The molecular weight excluding hydrogens is 190 g/mol. The van der Waals surface area contributed by atoms with Crippen molar-refractivity contribution in [1.82, 2.24) is 4.90 Å². The molecule has 0 aromatic heterocycles. The van der Waals surface area contributed by atoms with Crippen LogP contribution in [0.2, 0.25) is 0 Å². The second-order valence-corrected chi connectivity index (χ2v) is 5.21. The average molecular weight is 217 g/mol. The van der Waals surface area contributed by atoms with E-state index >= 15 is 0 Å². The molecule has 0 fully saturated rings. The molecule has 0 rings (SSSR count). The van der Waals surface area contributed by atoms with Gasteiger partial charge in [0.1, 0.15) is 0 Å². The molecular formula is C12H27NS. The summed E-state index contributed by atoms with van der Waals surface area (Å²) in [7, 11) is 2.25. The van der Waals surface area contributed by atoms with Gasteiger partial charge < -0.3 is 4.90 Å². The molecule has 0 aliphatic rings. The summed E-state index contributed by atoms with van der Waals surface area (Å²) in [5.41, 5.74) is 0. The minimum absolute atomic E-state index is 0.719. The van der Waals surface area contributed by atoms with E-state index in [1.165, 1.54) is 32.2 Å². The smallest absolute Gasteiger partial charge is 0.0197 e. The van der Waals surface area contributed by atoms with E-state index in [1.807, 2.05) is 11.8 Å². The van der Waals surface area contributed by atoms with E-state index in [0.717, 1.165) is 11.3 Å². The highest BCUT2D eigenvalue weighted by atomic mass is 32.2. The third kappa shape index (κ3) is 5.26. The summed E-state index contributed by atoms with van der Waals surface area (Å²) in [6.07, 6.45) is 7.57. The Morgan fingerprint density at radius 3 is 2.29 bits per heavy atom. The summed E-state index contributed by atoms with van der Waals surface area (Å²) in [5, 5.41) is 0.812. The summed E-state index contributed by atoms with van der Waals surface area (Å²) in [4.78, 5) is 2.50. The largest absolute Gasteiger partial charge is 0.303 e. The van der Waals surface area contributed by atoms with Gasteiger partial charge in [-0.2, -0.15) is 11.8 Å². The molecule has 14 heavy (non-hydrogen) atoms. The molecule has 0 spiro atoms. The first-order chi connectivity index (χ1) is 6.67. The van der Waals surface area contributed by atoms with Crippen LogP contribution < -0.4 is 0 Å². The summed E-state index contributed by atoms with van der Waals surface area (Å²) < 4.78 is 0. The van der Waals surface area contributed by atoms with Gasteiger partial charge in [-0.15, -0.1) is 0 Å². The van der Waals surface area contributed by atoms with Crippen LogP contribution in [0.15, 0.2) is 0 Å². The molecule has 0 aromatic carbocycles. The lowest BCUT2D eigenvalue weighted by atomic mass is 10.1. The molecule has 0 radical (unpaired) electrons. The quantitative estimate of drug-likeness (QED) is 0.611. The van der Waals surface area contributed by atoms with Crippen LogP contribution in [-0.4, -0.2) is 36.0 Å². The van der Waals surface area contributed by atoms with Crippen LogP contribution in [0.5, 0.6) is 0 Å². The average Bonchev–Trinajstić information content (AvgIpc) is 2.19. The van der Waals surface area contributed by atoms with Gasteiger partial charge in [-0.1, -0.05) is 26.7 Å². The zero-order chi connectivity index (χ0) is 11.0. The van der Waals surface area contributed by atoms with E-state index in [4.69, 9.17) is 0 Å². The van der Waals surface area contributed by atoms with Gasteiger partial charge in [0.2, 0.25) is 0 Å². The third-order valence-corrected chi connectivity index (χ3v) is 4.19. The first kappa shape index (κ1) is 14.3. The Morgan fingerprint density at radius 1 is 1.21 bits per heavy atom. The zero-order valence-corrected chi connectivity index (χ0v) is 11.4. The molecule has 0 saturated carbocycles. The van der Waals surface area contributed by atoms with Crippen molar-refractivity contribution in [3.05, 3.63) is 0 Å². The monoisotopic (exact) mass is 217 g/mol. The molecule has 0 N–H and O–H groups in total. The number of hydrogen-bond acceptors (Lipinski definition) is 2. The Bertz CT molecular complexity index is 127. The van der Waals surface area contributed by atoms with Gasteiger partial charge in [0.15, 0.2) is 0 Å². The summed E-state index contributed by atoms with van der Waals surface area (Å²) in [5.74, 6) is 0. The van der Waals surface area contributed by atoms with Crippen molar-refractivity contribution >= 4 is 11.8 Å². The predicted molar refractivity (Wildman–Crippen MR) is 69.2 cm³/mol. The fraction of sp³-hybridized carbons (Fsp3) is 1.00. The Hall–Kier alpha value is 0.310. The van der Waals surface area contributed by atoms with Crippen molar-refractivity contribution in [3.63, 3.8) is 0 Å². The van der Waals surface area contributed by atoms with E-state index in [1.54, 1.807) is 0 Å². The van der Waals surface area contributed by atoms with E-state index in [-0.39, 0.29) is 0 Å². The first-order valence-corrected chi connectivity index (χ1v) is 7.19. The van der Waals surface area contributed by atoms with Crippen molar-refractivity contribution in [2.75, 3.05) is 19.8 Å². The van der Waals surface area contributed by atoms with Crippen molar-refractivity contribution in [2.24, 2.45) is 0 Å². The Kier molecular flexibility index (Phi) is 8.80. The van der Waals surface area contributed by atoms with Crippen LogP contribution in [0, 0.1) is 0 Å². The SMILES string of the molecule is CCCCC(SC)C(C)N(C)CCC. The Labute approximate surface area is 94.6 Å². The Balaban J connectivity index is 3.94. The second kappa shape index (κ2) is 8.60. The topological polar surface area (TPSA) is 3.24 Å². The normalized spacial score (nSPS) is 15.9. The summed E-state index contributed by atoms with van der Waals surface area (Å²) in [6, 6.07) is 0.719. The maximum Gasteiger partial charge on any atom is 0.0197 e. The minimum Gasteiger partial charge on any atom is -0.303 e. The lowest BCUT2D eigenvalue weighted by Gasteiger charge is -2.30. The molecule has 0 saturated heterocycles. The van der Waals surface area contributed by atoms with Crippen LogP contribution in [0.25, 0.3) is 0 Å². The van der Waals surface area contributed by atoms with E-state index in [0.29, 0.717) is 0 Å². The molecule has 86 valence electrons. The standard InChI is InChI=1S/C12H27NS/c1-6-8-9-12(14-5)11(3)13(4)10-7-2/h11-12H,6-10H2,1-5H3. The second-order valence-electron chi connectivity index (χ2n) is 4.14. The van der Waals surface area contributed by atoms with Crippen molar-refractivity contribution < 1.29 is 0 Å². The zero-order valence-electron chi connectivity index (χ0n) is 10.5. The lowest BCUT2D eigenvalue weighted by Crippen LogP contribution is -2.37. The van der Waals surface area contributed by atoms with Crippen LogP contribution in [0.1, 0.15) is 46.5 Å². The highest BCUT2D eigenvalue weighted by molar-refractivity contribution is 7.99. The van der Waals surface area contributed by atoms with Gasteiger partial charge >= 0.3 is 0 Å². The van der Waals surface area contributed by atoms with Crippen LogP contribution >= 0.6 is 11.8 Å². The molecule has 2 heteroatoms. The highest BCUT2D eigenvalue weighted by Gasteiger charge is 2.18. The third-order valence-electron chi connectivity index (χ3n) is 2.95. The van der Waals surface area contributed by atoms with Gasteiger partial charge in [-0.3, -0.25) is 0 Å². The lowest BCUT2D eigenvalue weighted by molar-refractivity contribution is 0.248. The molecule has 0 amide bonds. The van der Waals surface area contributed by atoms with Crippen LogP contribution in [0.3, 0.4) is 0 Å². The number of hydrogen-bond donors (Lipinski definition) is 0. The van der Waals surface area contributed by atoms with Crippen LogP contribution in [-0.2, 0) is 0 Å². The van der Waals surface area contributed by atoms with Gasteiger partial charge in [0.05, 0.1) is 0 Å². The summed E-state index contributed by atoms with van der Waals surface area (Å²) >= 11 is 2.03. The molecule has 2 atom stereocenters. The molecule has 0 aliphatic carbocycles. The van der Waals surface area contributed by atoms with Crippen molar-refractivity contribution in [2.45, 2.75) is 57.7 Å². The predicted octanol–water partition coefficient (Wildman–Crippen LogP) is 3.64. The highest BCUT2D eigenvalue weighted by Crippen LogP contribution is 2.21. The van der Waals surface area contributed by atoms with E-state index < -0.39 is 0 Å². The first-order valence-electron chi connectivity index (χ1n) is 5.90. The fourth-order valence-corrected chi connectivity index (χ4v) is 2.81. The maximum absolute atomic E-state index is 2.50. The molecule has 0 heterocycles. The molecule has 2 unspecified atom stereocenters. The number of thioether (sulfide) groups is 1. The molecule has 1 nitrogen and oxygen atoms in total. The number of rotatable bonds is 8. The number of unbranched alkanes of at least 4 members (excludes halogenated alkanes) is 1. The van der Waals surface area contributed by atoms with E-state index in [2.05, 4.69) is 39.0 Å². The molecule has 0 aromatic rings. The van der Waals surface area contributed by atoms with E-state index in [9.17, 15) is 0 Å². The number of nitrogens with zero attached hydrogens (tertiary/aromatic N) is 1. The minimum atomic E-state index is 0.719. The van der Waals surface area contributed by atoms with Crippen molar-refractivity contribution in [1.29, 1.82) is 0 Å².